The van der Waals surface area contributed by atoms with Crippen molar-refractivity contribution in [1.29, 1.82) is 0 Å². The molecule has 1 aliphatic rings. The summed E-state index contributed by atoms with van der Waals surface area (Å²) < 4.78 is 27.9. The molecule has 0 bridgehead atoms. The summed E-state index contributed by atoms with van der Waals surface area (Å²) in [6, 6.07) is 0. The Kier molecular flexibility index (Phi) is 4.59. The van der Waals surface area contributed by atoms with Gasteiger partial charge >= 0.3 is 0 Å². The third-order valence-electron chi connectivity index (χ3n) is 2.06. The van der Waals surface area contributed by atoms with Gasteiger partial charge in [0.2, 0.25) is 10.0 Å². The molecule has 5 nitrogen and oxygen atoms in total. The Morgan fingerprint density at radius 1 is 1.43 bits per heavy atom. The highest BCUT2D eigenvalue weighted by molar-refractivity contribution is 7.89. The van der Waals surface area contributed by atoms with E-state index < -0.39 is 10.0 Å². The molecule has 14 heavy (non-hydrogen) atoms. The fourth-order valence-corrected chi connectivity index (χ4v) is 1.70. The van der Waals surface area contributed by atoms with Crippen LogP contribution in [-0.4, -0.2) is 62.8 Å². The van der Waals surface area contributed by atoms with Gasteiger partial charge in [0.25, 0.3) is 0 Å². The van der Waals surface area contributed by atoms with E-state index in [0.29, 0.717) is 26.3 Å². The van der Waals surface area contributed by atoms with Crippen molar-refractivity contribution in [3.05, 3.63) is 0 Å². The van der Waals surface area contributed by atoms with Gasteiger partial charge in [-0.25, -0.2) is 8.42 Å². The highest BCUT2D eigenvalue weighted by Gasteiger charge is 2.16. The number of halogens is 1. The quantitative estimate of drug-likeness (QED) is 0.637. The Morgan fingerprint density at radius 3 is 2.50 bits per heavy atom. The number of hydrogen-bond acceptors (Lipinski definition) is 4. The molecule has 0 N–H and O–H groups in total. The zero-order valence-corrected chi connectivity index (χ0v) is 9.72. The summed E-state index contributed by atoms with van der Waals surface area (Å²) in [7, 11) is -3.26. The molecule has 0 atom stereocenters. The van der Waals surface area contributed by atoms with Gasteiger partial charge in [0.05, 0.1) is 19.5 Å². The van der Waals surface area contributed by atoms with Crippen molar-refractivity contribution in [2.24, 2.45) is 0 Å². The first-order valence-corrected chi connectivity index (χ1v) is 6.62. The molecule has 0 aromatic heterocycles. The lowest BCUT2D eigenvalue weighted by Crippen LogP contribution is -2.40. The van der Waals surface area contributed by atoms with Crippen LogP contribution in [-0.2, 0) is 14.8 Å². The smallest absolute Gasteiger partial charge is 0.224 e. The molecule has 0 radical (unpaired) electrons. The minimum atomic E-state index is -3.26. The maximum atomic E-state index is 11.0. The van der Waals surface area contributed by atoms with Gasteiger partial charge in [-0.3, -0.25) is 4.90 Å². The molecule has 1 saturated heterocycles. The summed E-state index contributed by atoms with van der Waals surface area (Å²) in [4.78, 5) is 2.13. The number of rotatable bonds is 4. The molecular weight excluding hydrogens is 228 g/mol. The third kappa shape index (κ3) is 4.10. The zero-order valence-electron chi connectivity index (χ0n) is 8.15. The van der Waals surface area contributed by atoms with Crippen LogP contribution in [0.5, 0.6) is 0 Å². The van der Waals surface area contributed by atoms with Gasteiger partial charge in [-0.15, -0.1) is 3.82 Å². The summed E-state index contributed by atoms with van der Waals surface area (Å²) >= 11 is 5.56. The van der Waals surface area contributed by atoms with Crippen LogP contribution in [0.1, 0.15) is 0 Å². The van der Waals surface area contributed by atoms with Crippen molar-refractivity contribution >= 4 is 21.8 Å². The van der Waals surface area contributed by atoms with Crippen LogP contribution in [0.25, 0.3) is 0 Å². The van der Waals surface area contributed by atoms with Crippen molar-refractivity contribution < 1.29 is 13.2 Å². The van der Waals surface area contributed by atoms with Crippen LogP contribution in [0.3, 0.4) is 0 Å². The normalized spacial score (nSPS) is 20.2. The predicted molar refractivity (Wildman–Crippen MR) is 54.7 cm³/mol. The van der Waals surface area contributed by atoms with E-state index in [1.807, 2.05) is 0 Å². The molecule has 0 unspecified atom stereocenters. The summed E-state index contributed by atoms with van der Waals surface area (Å²) in [6.45, 7) is 4.08. The molecule has 0 spiro atoms. The summed E-state index contributed by atoms with van der Waals surface area (Å²) in [5.74, 6) is 0. The summed E-state index contributed by atoms with van der Waals surface area (Å²) in [5, 5.41) is 0. The predicted octanol–water partition coefficient (Wildman–Crippen LogP) is -0.266. The number of sulfonamides is 1. The Balaban J connectivity index is 2.25. The second-order valence-corrected chi connectivity index (χ2v) is 5.74. The lowest BCUT2D eigenvalue weighted by molar-refractivity contribution is 0.0377. The molecule has 0 aliphatic carbocycles. The minimum absolute atomic E-state index is 0.320. The van der Waals surface area contributed by atoms with Crippen LogP contribution in [0.2, 0.25) is 0 Å². The van der Waals surface area contributed by atoms with Crippen LogP contribution in [0.15, 0.2) is 0 Å². The molecule has 1 aliphatic heterocycles. The highest BCUT2D eigenvalue weighted by atomic mass is 35.5. The van der Waals surface area contributed by atoms with Crippen molar-refractivity contribution in [3.8, 4) is 0 Å². The maximum absolute atomic E-state index is 11.0. The third-order valence-corrected chi connectivity index (χ3v) is 3.88. The first-order valence-electron chi connectivity index (χ1n) is 4.44. The van der Waals surface area contributed by atoms with Gasteiger partial charge in [-0.2, -0.15) is 0 Å². The molecule has 1 rings (SSSR count). The Morgan fingerprint density at radius 2 is 2.00 bits per heavy atom. The Labute approximate surface area is 89.7 Å². The average Bonchev–Trinajstić information content (AvgIpc) is 2.14. The standard InChI is InChI=1S/C7H15ClN2O3S/c1-14(11,12)10(8)3-2-9-4-6-13-7-5-9/h2-7H2,1H3. The molecule has 0 saturated carbocycles. The van der Waals surface area contributed by atoms with Gasteiger partial charge in [-0.05, 0) is 11.8 Å². The van der Waals surface area contributed by atoms with Gasteiger partial charge in [0.1, 0.15) is 0 Å². The molecule has 7 heteroatoms. The fraction of sp³-hybridized carbons (Fsp3) is 1.00. The monoisotopic (exact) mass is 242 g/mol. The van der Waals surface area contributed by atoms with Crippen molar-refractivity contribution in [3.63, 3.8) is 0 Å². The summed E-state index contributed by atoms with van der Waals surface area (Å²) in [6.07, 6.45) is 1.10. The van der Waals surface area contributed by atoms with E-state index in [9.17, 15) is 8.42 Å². The molecule has 0 aromatic rings. The van der Waals surface area contributed by atoms with E-state index in [0.717, 1.165) is 23.2 Å². The van der Waals surface area contributed by atoms with E-state index in [1.54, 1.807) is 0 Å². The Hall–Kier alpha value is 0.120. The van der Waals surface area contributed by atoms with Crippen LogP contribution in [0, 0.1) is 0 Å². The Bertz CT molecular complexity index is 264. The molecule has 1 fully saturated rings. The topological polar surface area (TPSA) is 49.9 Å². The minimum Gasteiger partial charge on any atom is -0.379 e. The number of nitrogens with zero attached hydrogens (tertiary/aromatic N) is 2. The van der Waals surface area contributed by atoms with Crippen molar-refractivity contribution in [1.82, 2.24) is 8.72 Å². The van der Waals surface area contributed by atoms with Gasteiger partial charge in [0.15, 0.2) is 0 Å². The molecule has 0 aromatic carbocycles. The molecular formula is C7H15ClN2O3S. The first-order chi connectivity index (χ1) is 6.50. The van der Waals surface area contributed by atoms with Crippen LogP contribution in [0.4, 0.5) is 0 Å². The van der Waals surface area contributed by atoms with Crippen LogP contribution < -0.4 is 0 Å². The number of morpholine rings is 1. The first kappa shape index (κ1) is 12.2. The molecule has 84 valence electrons. The van der Waals surface area contributed by atoms with Gasteiger partial charge < -0.3 is 4.74 Å². The van der Waals surface area contributed by atoms with Crippen LogP contribution >= 0.6 is 11.8 Å². The second-order valence-electron chi connectivity index (χ2n) is 3.23. The maximum Gasteiger partial charge on any atom is 0.224 e. The van der Waals surface area contributed by atoms with Crippen molar-refractivity contribution in [2.45, 2.75) is 0 Å². The van der Waals surface area contributed by atoms with E-state index in [2.05, 4.69) is 4.90 Å². The van der Waals surface area contributed by atoms with Gasteiger partial charge in [-0.1, -0.05) is 0 Å². The largest absolute Gasteiger partial charge is 0.379 e. The molecule has 1 heterocycles. The van der Waals surface area contributed by atoms with E-state index >= 15 is 0 Å². The van der Waals surface area contributed by atoms with E-state index in [1.165, 1.54) is 0 Å². The highest BCUT2D eigenvalue weighted by Crippen LogP contribution is 2.03. The second kappa shape index (κ2) is 5.27. The lowest BCUT2D eigenvalue weighted by atomic mass is 10.4. The number of ether oxygens (including phenoxy) is 1. The molecule has 0 amide bonds. The lowest BCUT2D eigenvalue weighted by Gasteiger charge is -2.27. The van der Waals surface area contributed by atoms with E-state index in [-0.39, 0.29) is 0 Å². The average molecular weight is 243 g/mol. The SMILES string of the molecule is CS(=O)(=O)N(Cl)CCN1CCOCC1. The van der Waals surface area contributed by atoms with Gasteiger partial charge in [0, 0.05) is 26.2 Å². The summed E-state index contributed by atoms with van der Waals surface area (Å²) in [5.41, 5.74) is 0. The van der Waals surface area contributed by atoms with E-state index in [4.69, 9.17) is 16.5 Å². The van der Waals surface area contributed by atoms with Crippen molar-refractivity contribution in [2.75, 3.05) is 45.6 Å². The zero-order chi connectivity index (χ0) is 10.6. The fourth-order valence-electron chi connectivity index (χ4n) is 1.21. The number of hydrogen-bond donors (Lipinski definition) is 0.